The number of hydrogen-bond donors (Lipinski definition) is 1. The molecule has 1 aliphatic carbocycles. The van der Waals surface area contributed by atoms with E-state index >= 15 is 0 Å². The van der Waals surface area contributed by atoms with Gasteiger partial charge in [0.2, 0.25) is 0 Å². The van der Waals surface area contributed by atoms with Crippen LogP contribution in [-0.2, 0) is 6.42 Å². The molecule has 0 fully saturated rings. The normalized spacial score (nSPS) is 19.9. The summed E-state index contributed by atoms with van der Waals surface area (Å²) in [5.74, 6) is 0. The van der Waals surface area contributed by atoms with Crippen molar-refractivity contribution in [3.63, 3.8) is 0 Å². The molecule has 1 atom stereocenters. The number of halogens is 1. The smallest absolute Gasteiger partial charge is 0.0323 e. The van der Waals surface area contributed by atoms with Gasteiger partial charge < -0.3 is 5.32 Å². The second-order valence-electron chi connectivity index (χ2n) is 3.08. The van der Waals surface area contributed by atoms with Gasteiger partial charge in [-0.15, -0.1) is 12.4 Å². The lowest BCUT2D eigenvalue weighted by molar-refractivity contribution is 0.590. The molecule has 2 rings (SSSR count). The minimum absolute atomic E-state index is 0. The third-order valence-corrected chi connectivity index (χ3v) is 2.48. The SMILES string of the molecule is CN[C@H]1CCc2ccccc21.Cl. The van der Waals surface area contributed by atoms with Gasteiger partial charge in [0, 0.05) is 6.04 Å². The standard InChI is InChI=1S/C10H13N.ClH/c1-11-10-7-6-8-4-2-3-5-9(8)10;/h2-5,10-11H,6-7H2,1H3;1H/t10-;/m0./s1. The first-order valence-electron chi connectivity index (χ1n) is 4.17. The van der Waals surface area contributed by atoms with Crippen LogP contribution in [0.3, 0.4) is 0 Å². The molecule has 1 aliphatic rings. The van der Waals surface area contributed by atoms with E-state index in [0.717, 1.165) is 0 Å². The van der Waals surface area contributed by atoms with E-state index in [1.807, 2.05) is 7.05 Å². The second-order valence-corrected chi connectivity index (χ2v) is 3.08. The lowest BCUT2D eigenvalue weighted by atomic mass is 10.1. The van der Waals surface area contributed by atoms with Crippen molar-refractivity contribution in [2.75, 3.05) is 7.05 Å². The largest absolute Gasteiger partial charge is 0.313 e. The molecule has 0 spiro atoms. The number of benzene rings is 1. The molecule has 0 heterocycles. The van der Waals surface area contributed by atoms with Crippen molar-refractivity contribution in [3.8, 4) is 0 Å². The van der Waals surface area contributed by atoms with Crippen LogP contribution < -0.4 is 5.32 Å². The fourth-order valence-corrected chi connectivity index (χ4v) is 1.86. The van der Waals surface area contributed by atoms with Crippen molar-refractivity contribution in [2.45, 2.75) is 18.9 Å². The van der Waals surface area contributed by atoms with E-state index in [9.17, 15) is 0 Å². The van der Waals surface area contributed by atoms with Crippen LogP contribution in [0.4, 0.5) is 0 Å². The summed E-state index contributed by atoms with van der Waals surface area (Å²) < 4.78 is 0. The Morgan fingerprint density at radius 3 is 2.83 bits per heavy atom. The highest BCUT2D eigenvalue weighted by Gasteiger charge is 2.19. The lowest BCUT2D eigenvalue weighted by Gasteiger charge is -2.08. The van der Waals surface area contributed by atoms with E-state index < -0.39 is 0 Å². The Morgan fingerprint density at radius 1 is 1.33 bits per heavy atom. The van der Waals surface area contributed by atoms with Crippen LogP contribution >= 0.6 is 12.4 Å². The highest BCUT2D eigenvalue weighted by Crippen LogP contribution is 2.29. The van der Waals surface area contributed by atoms with Crippen LogP contribution in [0.15, 0.2) is 24.3 Å². The fourth-order valence-electron chi connectivity index (χ4n) is 1.86. The molecular formula is C10H14ClN. The van der Waals surface area contributed by atoms with Gasteiger partial charge in [0.25, 0.3) is 0 Å². The zero-order valence-corrected chi connectivity index (χ0v) is 8.03. The predicted molar refractivity (Wildman–Crippen MR) is 53.8 cm³/mol. The number of hydrogen-bond acceptors (Lipinski definition) is 1. The molecule has 2 heteroatoms. The lowest BCUT2D eigenvalue weighted by Crippen LogP contribution is -2.12. The molecule has 1 aromatic rings. The molecule has 0 saturated heterocycles. The number of fused-ring (bicyclic) bond motifs is 1. The predicted octanol–water partition coefficient (Wildman–Crippen LogP) is 2.32. The van der Waals surface area contributed by atoms with Gasteiger partial charge in [-0.1, -0.05) is 24.3 Å². The van der Waals surface area contributed by atoms with E-state index in [-0.39, 0.29) is 12.4 Å². The maximum atomic E-state index is 3.32. The van der Waals surface area contributed by atoms with E-state index in [1.54, 1.807) is 0 Å². The van der Waals surface area contributed by atoms with Gasteiger partial charge in [-0.3, -0.25) is 0 Å². The molecule has 66 valence electrons. The summed E-state index contributed by atoms with van der Waals surface area (Å²) in [6, 6.07) is 9.30. The molecule has 0 bridgehead atoms. The molecule has 12 heavy (non-hydrogen) atoms. The summed E-state index contributed by atoms with van der Waals surface area (Å²) in [7, 11) is 2.03. The van der Waals surface area contributed by atoms with E-state index in [2.05, 4.69) is 29.6 Å². The molecule has 1 nitrogen and oxygen atoms in total. The summed E-state index contributed by atoms with van der Waals surface area (Å²) in [6.45, 7) is 0. The molecule has 0 radical (unpaired) electrons. The fraction of sp³-hybridized carbons (Fsp3) is 0.400. The zero-order chi connectivity index (χ0) is 7.68. The first-order chi connectivity index (χ1) is 5.42. The van der Waals surface area contributed by atoms with Crippen LogP contribution in [0.1, 0.15) is 23.6 Å². The zero-order valence-electron chi connectivity index (χ0n) is 7.21. The molecule has 0 aromatic heterocycles. The van der Waals surface area contributed by atoms with Crippen LogP contribution in [0.25, 0.3) is 0 Å². The maximum absolute atomic E-state index is 3.32. The topological polar surface area (TPSA) is 12.0 Å². The van der Waals surface area contributed by atoms with Gasteiger partial charge in [0.1, 0.15) is 0 Å². The molecule has 1 aromatic carbocycles. The van der Waals surface area contributed by atoms with Crippen molar-refractivity contribution >= 4 is 12.4 Å². The van der Waals surface area contributed by atoms with Crippen LogP contribution in [0, 0.1) is 0 Å². The van der Waals surface area contributed by atoms with Crippen molar-refractivity contribution in [3.05, 3.63) is 35.4 Å². The van der Waals surface area contributed by atoms with Crippen LogP contribution in [-0.4, -0.2) is 7.05 Å². The summed E-state index contributed by atoms with van der Waals surface area (Å²) in [5, 5.41) is 3.32. The monoisotopic (exact) mass is 183 g/mol. The first-order valence-corrected chi connectivity index (χ1v) is 4.17. The van der Waals surface area contributed by atoms with Gasteiger partial charge in [-0.25, -0.2) is 0 Å². The summed E-state index contributed by atoms with van der Waals surface area (Å²) >= 11 is 0. The molecule has 0 unspecified atom stereocenters. The summed E-state index contributed by atoms with van der Waals surface area (Å²) in [4.78, 5) is 0. The highest BCUT2D eigenvalue weighted by atomic mass is 35.5. The van der Waals surface area contributed by atoms with E-state index in [4.69, 9.17) is 0 Å². The molecule has 0 amide bonds. The molecular weight excluding hydrogens is 170 g/mol. The van der Waals surface area contributed by atoms with E-state index in [0.29, 0.717) is 6.04 Å². The Kier molecular flexibility index (Phi) is 3.12. The van der Waals surface area contributed by atoms with Crippen molar-refractivity contribution in [1.82, 2.24) is 5.32 Å². The minimum Gasteiger partial charge on any atom is -0.313 e. The van der Waals surface area contributed by atoms with Gasteiger partial charge in [0.15, 0.2) is 0 Å². The van der Waals surface area contributed by atoms with Gasteiger partial charge in [-0.2, -0.15) is 0 Å². The number of aryl methyl sites for hydroxylation is 1. The van der Waals surface area contributed by atoms with Crippen molar-refractivity contribution in [2.24, 2.45) is 0 Å². The van der Waals surface area contributed by atoms with Crippen molar-refractivity contribution < 1.29 is 0 Å². The summed E-state index contributed by atoms with van der Waals surface area (Å²) in [5.41, 5.74) is 3.02. The summed E-state index contributed by atoms with van der Waals surface area (Å²) in [6.07, 6.45) is 2.50. The highest BCUT2D eigenvalue weighted by molar-refractivity contribution is 5.85. The van der Waals surface area contributed by atoms with E-state index in [1.165, 1.54) is 24.0 Å². The number of nitrogens with one attached hydrogen (secondary N) is 1. The maximum Gasteiger partial charge on any atom is 0.0323 e. The van der Waals surface area contributed by atoms with Crippen LogP contribution in [0.5, 0.6) is 0 Å². The molecule has 1 N–H and O–H groups in total. The van der Waals surface area contributed by atoms with Crippen molar-refractivity contribution in [1.29, 1.82) is 0 Å². The Labute approximate surface area is 79.6 Å². The Balaban J connectivity index is 0.000000720. The van der Waals surface area contributed by atoms with Gasteiger partial charge in [-0.05, 0) is 31.0 Å². The molecule has 0 aliphatic heterocycles. The van der Waals surface area contributed by atoms with Gasteiger partial charge in [0.05, 0.1) is 0 Å². The number of rotatable bonds is 1. The second kappa shape index (κ2) is 3.92. The third-order valence-electron chi connectivity index (χ3n) is 2.48. The Morgan fingerprint density at radius 2 is 2.08 bits per heavy atom. The minimum atomic E-state index is 0. The average molecular weight is 184 g/mol. The third kappa shape index (κ3) is 1.47. The Bertz CT molecular complexity index is 260. The Hall–Kier alpha value is -0.530. The quantitative estimate of drug-likeness (QED) is 0.705. The molecule has 0 saturated carbocycles. The van der Waals surface area contributed by atoms with Gasteiger partial charge >= 0.3 is 0 Å². The first kappa shape index (κ1) is 9.56. The van der Waals surface area contributed by atoms with Crippen LogP contribution in [0.2, 0.25) is 0 Å². The average Bonchev–Trinajstić information content (AvgIpc) is 2.47.